The van der Waals surface area contributed by atoms with Crippen LogP contribution in [0.4, 0.5) is 0 Å². The van der Waals surface area contributed by atoms with Crippen LogP contribution in [0.15, 0.2) is 65.5 Å². The van der Waals surface area contributed by atoms with Gasteiger partial charge in [0.1, 0.15) is 0 Å². The number of hydrogen-bond acceptors (Lipinski definition) is 2. The van der Waals surface area contributed by atoms with Gasteiger partial charge in [-0.15, -0.1) is 0 Å². The maximum Gasteiger partial charge on any atom is 0.0997 e. The molecule has 3 rings (SSSR count). The summed E-state index contributed by atoms with van der Waals surface area (Å²) < 4.78 is 3.14. The van der Waals surface area contributed by atoms with E-state index in [-0.39, 0.29) is 0 Å². The highest BCUT2D eigenvalue weighted by Gasteiger charge is 2.07. The van der Waals surface area contributed by atoms with Gasteiger partial charge in [0.25, 0.3) is 0 Å². The second kappa shape index (κ2) is 5.61. The van der Waals surface area contributed by atoms with Gasteiger partial charge in [0.05, 0.1) is 18.2 Å². The molecule has 3 nitrogen and oxygen atoms in total. The van der Waals surface area contributed by atoms with E-state index in [9.17, 15) is 0 Å². The van der Waals surface area contributed by atoms with Crippen molar-refractivity contribution < 1.29 is 0 Å². The Morgan fingerprint density at radius 3 is 2.65 bits per heavy atom. The van der Waals surface area contributed by atoms with E-state index in [1.54, 1.807) is 0 Å². The van der Waals surface area contributed by atoms with Gasteiger partial charge >= 0.3 is 0 Å². The van der Waals surface area contributed by atoms with Gasteiger partial charge in [-0.2, -0.15) is 0 Å². The Bertz CT molecular complexity index is 717. The van der Waals surface area contributed by atoms with E-state index in [1.165, 1.54) is 0 Å². The highest BCUT2D eigenvalue weighted by molar-refractivity contribution is 9.10. The number of aromatic nitrogens is 2. The summed E-state index contributed by atoms with van der Waals surface area (Å²) in [6, 6.07) is 16.4. The van der Waals surface area contributed by atoms with Crippen LogP contribution in [0.3, 0.4) is 0 Å². The Hall–Kier alpha value is -1.91. The molecule has 3 aromatic rings. The largest absolute Gasteiger partial charge is 0.326 e. The summed E-state index contributed by atoms with van der Waals surface area (Å²) in [6.07, 6.45) is 3.70. The van der Waals surface area contributed by atoms with E-state index in [2.05, 4.69) is 49.7 Å². The summed E-state index contributed by atoms with van der Waals surface area (Å²) in [5.41, 5.74) is 10.1. The Kier molecular flexibility index (Phi) is 3.67. The third-order valence-electron chi connectivity index (χ3n) is 3.20. The predicted octanol–water partition coefficient (Wildman–Crippen LogP) is 3.76. The number of nitrogens with two attached hydrogens (primary N) is 1. The van der Waals surface area contributed by atoms with Crippen molar-refractivity contribution in [2.24, 2.45) is 5.73 Å². The lowest BCUT2D eigenvalue weighted by atomic mass is 10.1. The molecule has 0 unspecified atom stereocenters. The average molecular weight is 328 g/mol. The summed E-state index contributed by atoms with van der Waals surface area (Å²) >= 11 is 3.45. The van der Waals surface area contributed by atoms with Gasteiger partial charge in [0, 0.05) is 22.3 Å². The minimum atomic E-state index is 0.538. The Labute approximate surface area is 126 Å². The molecule has 100 valence electrons. The molecule has 0 aliphatic rings. The van der Waals surface area contributed by atoms with E-state index in [4.69, 9.17) is 5.73 Å². The molecule has 2 aromatic carbocycles. The van der Waals surface area contributed by atoms with Crippen LogP contribution in [0.1, 0.15) is 5.56 Å². The summed E-state index contributed by atoms with van der Waals surface area (Å²) in [5.74, 6) is 0. The SMILES string of the molecule is NCc1cccc(-n2cncc2-c2ccc(Br)cc2)c1. The number of hydrogen-bond donors (Lipinski definition) is 1. The zero-order valence-electron chi connectivity index (χ0n) is 10.8. The highest BCUT2D eigenvalue weighted by Crippen LogP contribution is 2.24. The fourth-order valence-electron chi connectivity index (χ4n) is 2.17. The molecule has 0 aliphatic carbocycles. The minimum Gasteiger partial charge on any atom is -0.326 e. The van der Waals surface area contributed by atoms with Gasteiger partial charge in [0.15, 0.2) is 0 Å². The second-order valence-electron chi connectivity index (χ2n) is 4.53. The normalized spacial score (nSPS) is 10.7. The summed E-state index contributed by atoms with van der Waals surface area (Å²) in [4.78, 5) is 4.27. The smallest absolute Gasteiger partial charge is 0.0997 e. The first kappa shape index (κ1) is 13.1. The first-order chi connectivity index (χ1) is 9.78. The first-order valence-corrected chi connectivity index (χ1v) is 7.15. The molecule has 2 N–H and O–H groups in total. The third-order valence-corrected chi connectivity index (χ3v) is 3.73. The molecule has 0 amide bonds. The lowest BCUT2D eigenvalue weighted by Crippen LogP contribution is -1.99. The molecule has 0 aliphatic heterocycles. The fourth-order valence-corrected chi connectivity index (χ4v) is 2.43. The van der Waals surface area contributed by atoms with Crippen LogP contribution in [0.5, 0.6) is 0 Å². The van der Waals surface area contributed by atoms with Crippen molar-refractivity contribution in [2.45, 2.75) is 6.54 Å². The molecule has 0 atom stereocenters. The topological polar surface area (TPSA) is 43.8 Å². The maximum absolute atomic E-state index is 5.71. The van der Waals surface area contributed by atoms with Crippen LogP contribution in [0.2, 0.25) is 0 Å². The summed E-state index contributed by atoms with van der Waals surface area (Å²) in [5, 5.41) is 0. The third kappa shape index (κ3) is 2.53. The Morgan fingerprint density at radius 2 is 1.90 bits per heavy atom. The second-order valence-corrected chi connectivity index (χ2v) is 5.45. The van der Waals surface area contributed by atoms with Crippen molar-refractivity contribution in [3.63, 3.8) is 0 Å². The summed E-state index contributed by atoms with van der Waals surface area (Å²) in [6.45, 7) is 0.538. The standard InChI is InChI=1S/C16H14BrN3/c17-14-6-4-13(5-7-14)16-10-19-11-20(16)15-3-1-2-12(8-15)9-18/h1-8,10-11H,9,18H2. The monoisotopic (exact) mass is 327 g/mol. The van der Waals surface area contributed by atoms with E-state index < -0.39 is 0 Å². The zero-order valence-corrected chi connectivity index (χ0v) is 12.4. The zero-order chi connectivity index (χ0) is 13.9. The molecule has 20 heavy (non-hydrogen) atoms. The van der Waals surface area contributed by atoms with Crippen molar-refractivity contribution in [1.82, 2.24) is 9.55 Å². The molecule has 0 saturated heterocycles. The molecular formula is C16H14BrN3. The minimum absolute atomic E-state index is 0.538. The van der Waals surface area contributed by atoms with Gasteiger partial charge in [-0.05, 0) is 29.8 Å². The van der Waals surface area contributed by atoms with E-state index >= 15 is 0 Å². The lowest BCUT2D eigenvalue weighted by Gasteiger charge is -2.09. The molecule has 0 spiro atoms. The first-order valence-electron chi connectivity index (χ1n) is 6.35. The van der Waals surface area contributed by atoms with E-state index in [0.29, 0.717) is 6.54 Å². The van der Waals surface area contributed by atoms with Crippen molar-refractivity contribution in [1.29, 1.82) is 0 Å². The molecule has 4 heteroatoms. The molecule has 1 aromatic heterocycles. The van der Waals surface area contributed by atoms with Gasteiger partial charge < -0.3 is 5.73 Å². The number of benzene rings is 2. The Balaban J connectivity index is 2.07. The van der Waals surface area contributed by atoms with Gasteiger partial charge in [-0.3, -0.25) is 4.57 Å². The predicted molar refractivity (Wildman–Crippen MR) is 84.6 cm³/mol. The number of rotatable bonds is 3. The molecule has 0 fully saturated rings. The maximum atomic E-state index is 5.71. The lowest BCUT2D eigenvalue weighted by molar-refractivity contribution is 1.03. The van der Waals surface area contributed by atoms with Crippen LogP contribution in [-0.2, 0) is 6.54 Å². The average Bonchev–Trinajstić information content (AvgIpc) is 2.97. The fraction of sp³-hybridized carbons (Fsp3) is 0.0625. The van der Waals surface area contributed by atoms with Crippen molar-refractivity contribution in [3.8, 4) is 16.9 Å². The van der Waals surface area contributed by atoms with Crippen LogP contribution in [0, 0.1) is 0 Å². The van der Waals surface area contributed by atoms with E-state index in [0.717, 1.165) is 27.0 Å². The Morgan fingerprint density at radius 1 is 1.10 bits per heavy atom. The van der Waals surface area contributed by atoms with Crippen LogP contribution < -0.4 is 5.73 Å². The van der Waals surface area contributed by atoms with Crippen molar-refractivity contribution in [3.05, 3.63) is 71.1 Å². The van der Waals surface area contributed by atoms with Gasteiger partial charge in [-0.25, -0.2) is 4.98 Å². The highest BCUT2D eigenvalue weighted by atomic mass is 79.9. The van der Waals surface area contributed by atoms with Crippen molar-refractivity contribution >= 4 is 15.9 Å². The van der Waals surface area contributed by atoms with Crippen molar-refractivity contribution in [2.75, 3.05) is 0 Å². The number of halogens is 1. The van der Waals surface area contributed by atoms with E-state index in [1.807, 2.05) is 36.8 Å². The molecular weight excluding hydrogens is 314 g/mol. The van der Waals surface area contributed by atoms with Crippen LogP contribution >= 0.6 is 15.9 Å². The van der Waals surface area contributed by atoms with Crippen LogP contribution in [0.25, 0.3) is 16.9 Å². The quantitative estimate of drug-likeness (QED) is 0.795. The van der Waals surface area contributed by atoms with Gasteiger partial charge in [-0.1, -0.05) is 40.2 Å². The summed E-state index contributed by atoms with van der Waals surface area (Å²) in [7, 11) is 0. The van der Waals surface area contributed by atoms with Gasteiger partial charge in [0.2, 0.25) is 0 Å². The molecule has 0 bridgehead atoms. The molecule has 0 radical (unpaired) electrons. The molecule has 0 saturated carbocycles. The van der Waals surface area contributed by atoms with Crippen LogP contribution in [-0.4, -0.2) is 9.55 Å². The molecule has 1 heterocycles. The number of imidazole rings is 1. The number of nitrogens with zero attached hydrogens (tertiary/aromatic N) is 2.